The second kappa shape index (κ2) is 8.33. The summed E-state index contributed by atoms with van der Waals surface area (Å²) < 4.78 is 17.9. The van der Waals surface area contributed by atoms with Gasteiger partial charge in [-0.2, -0.15) is 0 Å². The predicted molar refractivity (Wildman–Crippen MR) is 124 cm³/mol. The molecule has 9 heteroatoms. The molecule has 0 atom stereocenters. The molecule has 4 aromatic rings. The van der Waals surface area contributed by atoms with Gasteiger partial charge in [0, 0.05) is 23.1 Å². The molecule has 0 saturated heterocycles. The number of thiophene rings is 1. The zero-order valence-corrected chi connectivity index (χ0v) is 18.8. The zero-order chi connectivity index (χ0) is 22.2. The third kappa shape index (κ3) is 3.63. The number of nitrogens with zero attached hydrogens (tertiary/aromatic N) is 2. The van der Waals surface area contributed by atoms with Crippen molar-refractivity contribution in [2.75, 3.05) is 12.5 Å². The molecule has 0 bridgehead atoms. The van der Waals surface area contributed by atoms with Gasteiger partial charge in [0.1, 0.15) is 16.4 Å². The molecule has 0 saturated carbocycles. The number of aromatic nitrogens is 2. The van der Waals surface area contributed by atoms with Crippen molar-refractivity contribution < 1.29 is 18.7 Å². The molecule has 4 heterocycles. The van der Waals surface area contributed by atoms with Gasteiger partial charge in [-0.25, -0.2) is 4.98 Å². The van der Waals surface area contributed by atoms with Crippen molar-refractivity contribution in [3.8, 4) is 22.8 Å². The lowest BCUT2D eigenvalue weighted by molar-refractivity contribution is 0.102. The number of furan rings is 1. The van der Waals surface area contributed by atoms with E-state index in [1.54, 1.807) is 28.8 Å². The first-order valence-corrected chi connectivity index (χ1v) is 11.7. The molecule has 3 aromatic heterocycles. The summed E-state index contributed by atoms with van der Waals surface area (Å²) in [5.41, 5.74) is 1.06. The summed E-state index contributed by atoms with van der Waals surface area (Å²) in [7, 11) is 0. The van der Waals surface area contributed by atoms with Crippen LogP contribution in [0.1, 0.15) is 16.1 Å². The van der Waals surface area contributed by atoms with Crippen LogP contribution >= 0.6 is 23.1 Å². The van der Waals surface area contributed by atoms with Crippen LogP contribution in [0.2, 0.25) is 0 Å². The van der Waals surface area contributed by atoms with Gasteiger partial charge in [0.05, 0.1) is 11.1 Å². The van der Waals surface area contributed by atoms with E-state index in [2.05, 4.69) is 11.6 Å². The van der Waals surface area contributed by atoms with Crippen LogP contribution in [0.5, 0.6) is 11.5 Å². The number of fused-ring (bicyclic) bond motifs is 2. The molecule has 0 aliphatic carbocycles. The third-order valence-corrected chi connectivity index (χ3v) is 6.85. The smallest absolute Gasteiger partial charge is 0.263 e. The molecule has 1 aromatic carbocycles. The van der Waals surface area contributed by atoms with Gasteiger partial charge in [-0.1, -0.05) is 17.8 Å². The fourth-order valence-electron chi connectivity index (χ4n) is 3.45. The molecule has 32 heavy (non-hydrogen) atoms. The first-order chi connectivity index (χ1) is 15.5. The molecular formula is C23H18N2O5S2. The molecule has 0 radical (unpaired) electrons. The average Bonchev–Trinajstić information content (AvgIpc) is 3.52. The Morgan fingerprint density at radius 3 is 2.91 bits per heavy atom. The van der Waals surface area contributed by atoms with Crippen LogP contribution in [0.4, 0.5) is 0 Å². The fourth-order valence-corrected chi connectivity index (χ4v) is 5.32. The van der Waals surface area contributed by atoms with Gasteiger partial charge in [0.2, 0.25) is 6.79 Å². The number of carbonyl (C=O) groups is 1. The second-order valence-corrected chi connectivity index (χ2v) is 8.92. The number of hydrogen-bond acceptors (Lipinski definition) is 8. The maximum absolute atomic E-state index is 13.4. The minimum Gasteiger partial charge on any atom is -0.461 e. The van der Waals surface area contributed by atoms with Crippen molar-refractivity contribution in [3.63, 3.8) is 0 Å². The van der Waals surface area contributed by atoms with Gasteiger partial charge in [-0.3, -0.25) is 14.2 Å². The summed E-state index contributed by atoms with van der Waals surface area (Å²) in [5.74, 6) is 2.63. The number of aryl methyl sites for hydroxylation is 1. The van der Waals surface area contributed by atoms with Crippen LogP contribution in [0, 0.1) is 6.92 Å². The molecule has 0 amide bonds. The van der Waals surface area contributed by atoms with Crippen LogP contribution in [0.25, 0.3) is 21.5 Å². The van der Waals surface area contributed by atoms with Crippen molar-refractivity contribution >= 4 is 39.1 Å². The second-order valence-electron chi connectivity index (χ2n) is 7.12. The minimum absolute atomic E-state index is 0.0919. The summed E-state index contributed by atoms with van der Waals surface area (Å²) in [6.07, 6.45) is 1.64. The van der Waals surface area contributed by atoms with Gasteiger partial charge in [-0.05, 0) is 37.3 Å². The molecular weight excluding hydrogens is 448 g/mol. The molecule has 0 N–H and O–H groups in total. The van der Waals surface area contributed by atoms with Gasteiger partial charge >= 0.3 is 0 Å². The Hall–Kier alpha value is -3.30. The van der Waals surface area contributed by atoms with Crippen molar-refractivity contribution in [2.24, 2.45) is 0 Å². The lowest BCUT2D eigenvalue weighted by Gasteiger charge is -2.10. The first-order valence-electron chi connectivity index (χ1n) is 9.80. The van der Waals surface area contributed by atoms with E-state index in [0.717, 1.165) is 11.3 Å². The highest BCUT2D eigenvalue weighted by Gasteiger charge is 2.20. The van der Waals surface area contributed by atoms with E-state index in [0.29, 0.717) is 38.2 Å². The summed E-state index contributed by atoms with van der Waals surface area (Å²) >= 11 is 2.61. The standard InChI is InChI=1S/C23H18N2O5S2/c1-3-8-25-22(27)20-15(17-6-4-13(2)30-17)10-31-21(20)24-23(25)32-11-16(26)14-5-7-18-19(9-14)29-12-28-18/h3-7,9-10H,1,8,11-12H2,2H3. The molecule has 0 unspecified atom stereocenters. The Morgan fingerprint density at radius 2 is 2.12 bits per heavy atom. The number of ether oxygens (including phenoxy) is 2. The number of Topliss-reactive ketones (excluding diaryl/α,β-unsaturated/α-hetero) is 1. The van der Waals surface area contributed by atoms with Crippen LogP contribution in [0.15, 0.2) is 62.7 Å². The minimum atomic E-state index is -0.182. The Morgan fingerprint density at radius 1 is 1.28 bits per heavy atom. The molecule has 0 fully saturated rings. The van der Waals surface area contributed by atoms with Crippen molar-refractivity contribution in [1.82, 2.24) is 9.55 Å². The van der Waals surface area contributed by atoms with Crippen molar-refractivity contribution in [2.45, 2.75) is 18.6 Å². The number of carbonyl (C=O) groups excluding carboxylic acids is 1. The molecule has 1 aliphatic heterocycles. The number of benzene rings is 1. The summed E-state index contributed by atoms with van der Waals surface area (Å²) in [6.45, 7) is 6.06. The number of thioether (sulfide) groups is 1. The normalized spacial score (nSPS) is 12.4. The monoisotopic (exact) mass is 466 g/mol. The van der Waals surface area contributed by atoms with E-state index >= 15 is 0 Å². The van der Waals surface area contributed by atoms with E-state index in [1.807, 2.05) is 24.4 Å². The van der Waals surface area contributed by atoms with Crippen LogP contribution in [-0.4, -0.2) is 27.9 Å². The van der Waals surface area contributed by atoms with Gasteiger partial charge in [0.15, 0.2) is 22.4 Å². The van der Waals surface area contributed by atoms with E-state index in [1.165, 1.54) is 23.1 Å². The lowest BCUT2D eigenvalue weighted by Crippen LogP contribution is -2.23. The number of rotatable bonds is 7. The first kappa shape index (κ1) is 20.6. The topological polar surface area (TPSA) is 83.6 Å². The van der Waals surface area contributed by atoms with Gasteiger partial charge in [-0.15, -0.1) is 17.9 Å². The number of ketones is 1. The largest absolute Gasteiger partial charge is 0.461 e. The molecule has 0 spiro atoms. The Balaban J connectivity index is 1.47. The van der Waals surface area contributed by atoms with E-state index in [4.69, 9.17) is 13.9 Å². The molecule has 5 rings (SSSR count). The molecule has 7 nitrogen and oxygen atoms in total. The van der Waals surface area contributed by atoms with Crippen LogP contribution in [-0.2, 0) is 6.54 Å². The average molecular weight is 467 g/mol. The van der Waals surface area contributed by atoms with Crippen molar-refractivity contribution in [1.29, 1.82) is 0 Å². The Kier molecular flexibility index (Phi) is 5.36. The predicted octanol–water partition coefficient (Wildman–Crippen LogP) is 4.92. The van der Waals surface area contributed by atoms with Crippen LogP contribution in [0.3, 0.4) is 0 Å². The lowest BCUT2D eigenvalue weighted by atomic mass is 10.1. The highest BCUT2D eigenvalue weighted by molar-refractivity contribution is 7.99. The fraction of sp³-hybridized carbons (Fsp3) is 0.174. The van der Waals surface area contributed by atoms with Crippen molar-refractivity contribution in [3.05, 3.63) is 70.0 Å². The Bertz CT molecular complexity index is 1420. The van der Waals surface area contributed by atoms with Crippen LogP contribution < -0.4 is 15.0 Å². The Labute approximate surface area is 191 Å². The maximum Gasteiger partial charge on any atom is 0.263 e. The third-order valence-electron chi connectivity index (χ3n) is 5.00. The van der Waals surface area contributed by atoms with Gasteiger partial charge in [0.25, 0.3) is 5.56 Å². The molecule has 162 valence electrons. The van der Waals surface area contributed by atoms with E-state index in [-0.39, 0.29) is 30.4 Å². The molecule has 1 aliphatic rings. The number of hydrogen-bond donors (Lipinski definition) is 0. The highest BCUT2D eigenvalue weighted by atomic mass is 32.2. The number of allylic oxidation sites excluding steroid dienone is 1. The maximum atomic E-state index is 13.4. The summed E-state index contributed by atoms with van der Waals surface area (Å²) in [4.78, 5) is 31.4. The zero-order valence-electron chi connectivity index (χ0n) is 17.1. The SMILES string of the molecule is C=CCn1c(SCC(=O)c2ccc3c(c2)OCO3)nc2scc(-c3ccc(C)o3)c2c1=O. The summed E-state index contributed by atoms with van der Waals surface area (Å²) in [6, 6.07) is 8.82. The van der Waals surface area contributed by atoms with E-state index < -0.39 is 0 Å². The quantitative estimate of drug-likeness (QED) is 0.165. The highest BCUT2D eigenvalue weighted by Crippen LogP contribution is 2.34. The van der Waals surface area contributed by atoms with Gasteiger partial charge < -0.3 is 13.9 Å². The summed E-state index contributed by atoms with van der Waals surface area (Å²) in [5, 5.41) is 2.86. The van der Waals surface area contributed by atoms with E-state index in [9.17, 15) is 9.59 Å².